The summed E-state index contributed by atoms with van der Waals surface area (Å²) >= 11 is 8.86. The fraction of sp³-hybridized carbons (Fsp3) is 0.273. The molecule has 11 nitrogen and oxygen atoms in total. The number of aromatic nitrogens is 1. The van der Waals surface area contributed by atoms with E-state index < -0.39 is 27.8 Å². The summed E-state index contributed by atoms with van der Waals surface area (Å²) in [5.74, 6) is -1.50. The lowest BCUT2D eigenvalue weighted by atomic mass is 9.68. The molecule has 3 amide bonds. The second kappa shape index (κ2) is 11.6. The zero-order valence-electron chi connectivity index (χ0n) is 24.9. The summed E-state index contributed by atoms with van der Waals surface area (Å²) < 4.78 is 28.9. The Morgan fingerprint density at radius 1 is 1.00 bits per heavy atom. The van der Waals surface area contributed by atoms with Crippen LogP contribution in [0.15, 0.2) is 87.5 Å². The number of nitrogens with one attached hydrogen (secondary N) is 2. The minimum absolute atomic E-state index is 0.000901. The van der Waals surface area contributed by atoms with Gasteiger partial charge in [0.25, 0.3) is 5.91 Å². The van der Waals surface area contributed by atoms with E-state index in [4.69, 9.17) is 21.5 Å². The van der Waals surface area contributed by atoms with Gasteiger partial charge in [-0.3, -0.25) is 24.1 Å². The third-order valence-corrected chi connectivity index (χ3v) is 13.6. The number of halogens is 1. The molecule has 4 aliphatic rings. The quantitative estimate of drug-likeness (QED) is 0.236. The molecule has 3 fully saturated rings. The van der Waals surface area contributed by atoms with Crippen molar-refractivity contribution in [3.63, 3.8) is 0 Å². The van der Waals surface area contributed by atoms with E-state index in [1.165, 1.54) is 40.5 Å². The highest BCUT2D eigenvalue weighted by molar-refractivity contribution is 8.00. The summed E-state index contributed by atoms with van der Waals surface area (Å²) in [5, 5.41) is 9.15. The molecule has 3 aromatic carbocycles. The average molecular weight is 723 g/mol. The van der Waals surface area contributed by atoms with Crippen LogP contribution in [0.1, 0.15) is 22.8 Å². The third kappa shape index (κ3) is 5.17. The summed E-state index contributed by atoms with van der Waals surface area (Å²) in [5.41, 5.74) is 1.80. The average Bonchev–Trinajstić information content (AvgIpc) is 3.79. The highest BCUT2D eigenvalue weighted by atomic mass is 35.5. The first-order chi connectivity index (χ1) is 23.0. The second-order valence-electron chi connectivity index (χ2n) is 12.4. The van der Waals surface area contributed by atoms with Gasteiger partial charge < -0.3 is 15.0 Å². The van der Waals surface area contributed by atoms with E-state index in [0.717, 1.165) is 21.9 Å². The van der Waals surface area contributed by atoms with Crippen LogP contribution >= 0.6 is 34.7 Å². The number of amides is 3. The molecular formula is C33H27ClN4O7S3. The van der Waals surface area contributed by atoms with E-state index in [-0.39, 0.29) is 57.1 Å². The Balaban J connectivity index is 1.05. The Bertz CT molecular complexity index is 2150. The zero-order valence-corrected chi connectivity index (χ0v) is 28.1. The van der Waals surface area contributed by atoms with Gasteiger partial charge in [-0.2, -0.15) is 0 Å². The van der Waals surface area contributed by atoms with Crippen LogP contribution in [0.4, 0.5) is 11.4 Å². The summed E-state index contributed by atoms with van der Waals surface area (Å²) in [4.78, 5) is 58.1. The number of benzene rings is 3. The molecule has 0 spiro atoms. The molecule has 8 rings (SSSR count). The molecule has 4 N–H and O–H groups in total. The maximum atomic E-state index is 14.0. The van der Waals surface area contributed by atoms with E-state index in [1.807, 2.05) is 18.2 Å². The van der Waals surface area contributed by atoms with Gasteiger partial charge in [0.05, 0.1) is 27.4 Å². The molecule has 4 unspecified atom stereocenters. The lowest BCUT2D eigenvalue weighted by molar-refractivity contribution is -0.123. The Hall–Kier alpha value is -3.95. The summed E-state index contributed by atoms with van der Waals surface area (Å²) in [6.07, 6.45) is 0.758. The van der Waals surface area contributed by atoms with Crippen molar-refractivity contribution in [2.45, 2.75) is 27.5 Å². The van der Waals surface area contributed by atoms with Gasteiger partial charge in [-0.15, -0.1) is 11.8 Å². The van der Waals surface area contributed by atoms with Gasteiger partial charge in [0.1, 0.15) is 5.75 Å². The number of thioether (sulfide) groups is 1. The monoisotopic (exact) mass is 722 g/mol. The largest absolute Gasteiger partial charge is 0.484 e. The van der Waals surface area contributed by atoms with Gasteiger partial charge in [-0.25, -0.2) is 13.6 Å². The molecule has 3 heterocycles. The smallest absolute Gasteiger partial charge is 0.305 e. The lowest BCUT2D eigenvalue weighted by Crippen LogP contribution is -2.42. The van der Waals surface area contributed by atoms with Crippen LogP contribution < -0.4 is 25.0 Å². The topological polar surface area (TPSA) is 169 Å². The molecule has 15 heteroatoms. The van der Waals surface area contributed by atoms with Crippen molar-refractivity contribution in [1.29, 1.82) is 0 Å². The summed E-state index contributed by atoms with van der Waals surface area (Å²) in [6, 6.07) is 19.6. The number of imide groups is 1. The van der Waals surface area contributed by atoms with Crippen molar-refractivity contribution in [2.75, 3.05) is 16.8 Å². The molecular weight excluding hydrogens is 696 g/mol. The minimum atomic E-state index is -3.85. The van der Waals surface area contributed by atoms with Crippen LogP contribution in [0.25, 0.3) is 0 Å². The number of fused-ring (bicyclic) bond motifs is 9. The number of hydrogen-bond acceptors (Lipinski definition) is 9. The molecule has 2 aliphatic heterocycles. The van der Waals surface area contributed by atoms with Gasteiger partial charge >= 0.3 is 4.87 Å². The maximum Gasteiger partial charge on any atom is 0.305 e. The van der Waals surface area contributed by atoms with Crippen LogP contribution in [0.3, 0.4) is 0 Å². The number of rotatable bonds is 7. The number of nitrogens with zero attached hydrogens (tertiary/aromatic N) is 1. The molecule has 2 bridgehead atoms. The molecule has 1 saturated heterocycles. The van der Waals surface area contributed by atoms with Crippen LogP contribution in [0, 0.1) is 29.6 Å². The fourth-order valence-electron chi connectivity index (χ4n) is 8.11. The van der Waals surface area contributed by atoms with Gasteiger partial charge in [0, 0.05) is 26.8 Å². The Kier molecular flexibility index (Phi) is 7.56. The molecule has 246 valence electrons. The number of sulfonamides is 1. The molecule has 48 heavy (non-hydrogen) atoms. The molecule has 1 aromatic heterocycles. The molecule has 4 aromatic rings. The second-order valence-corrected chi connectivity index (χ2v) is 16.6. The Morgan fingerprint density at radius 3 is 2.42 bits per heavy atom. The Morgan fingerprint density at radius 2 is 1.71 bits per heavy atom. The van der Waals surface area contributed by atoms with Crippen molar-refractivity contribution in [2.24, 2.45) is 34.7 Å². The molecule has 2 aliphatic carbocycles. The zero-order chi connectivity index (χ0) is 33.5. The van der Waals surface area contributed by atoms with Gasteiger partial charge in [-0.05, 0) is 90.4 Å². The standard InChI is InChI=1S/C33H27ClN4O7S3/c34-16-4-8-18(9-5-16)38-31(40)26-21-13-22(27(26)32(38)41)28-25(21)24(29-30(46-28)37-33(42)47-29)15-2-1-3-19(12-15)45-14-23(39)36-17-6-10-20(11-7-17)48(35,43)44/h1-12,21-22,24-28H,13-14H2,(H,36,39)(H,37,42)(H2,35,43,44)/t21-,22-,24-,25?,26?,27?,28?/m1/s1. The van der Waals surface area contributed by atoms with Crippen LogP contribution in [-0.2, 0) is 24.4 Å². The SMILES string of the molecule is NS(=O)(=O)c1ccc(NC(=O)COc2cccc([C@H]3c4sc(=O)[nH]c4SC4C3[C@H]3C[C@@H]4C4C(=O)N(c5ccc(Cl)cc5)C(=O)C43)c2)cc1. The first-order valence-corrected chi connectivity index (χ1v) is 18.8. The number of H-pyrrole nitrogens is 1. The van der Waals surface area contributed by atoms with Crippen molar-refractivity contribution < 1.29 is 27.5 Å². The van der Waals surface area contributed by atoms with Gasteiger partial charge in [-0.1, -0.05) is 35.1 Å². The minimum Gasteiger partial charge on any atom is -0.484 e. The predicted molar refractivity (Wildman–Crippen MR) is 181 cm³/mol. The Labute approximate surface area is 287 Å². The maximum absolute atomic E-state index is 14.0. The highest BCUT2D eigenvalue weighted by Gasteiger charge is 2.69. The number of hydrogen-bond donors (Lipinski definition) is 3. The third-order valence-electron chi connectivity index (χ3n) is 9.86. The fourth-order valence-corrected chi connectivity index (χ4v) is 11.6. The van der Waals surface area contributed by atoms with Crippen molar-refractivity contribution in [1.82, 2.24) is 4.98 Å². The van der Waals surface area contributed by atoms with E-state index in [0.29, 0.717) is 22.1 Å². The number of carbonyl (C=O) groups excluding carboxylic acids is 3. The van der Waals surface area contributed by atoms with Crippen LogP contribution in [0.5, 0.6) is 5.75 Å². The predicted octanol–water partition coefficient (Wildman–Crippen LogP) is 4.43. The van der Waals surface area contributed by atoms with Crippen molar-refractivity contribution >= 4 is 73.8 Å². The number of primary sulfonamides is 1. The van der Waals surface area contributed by atoms with Crippen molar-refractivity contribution in [3.8, 4) is 5.75 Å². The van der Waals surface area contributed by atoms with Gasteiger partial charge in [0.15, 0.2) is 6.61 Å². The normalized spacial score (nSPS) is 27.0. The molecule has 0 radical (unpaired) electrons. The first kappa shape index (κ1) is 31.3. The first-order valence-electron chi connectivity index (χ1n) is 15.2. The number of nitrogens with two attached hydrogens (primary N) is 1. The van der Waals surface area contributed by atoms with E-state index in [1.54, 1.807) is 42.1 Å². The van der Waals surface area contributed by atoms with E-state index in [9.17, 15) is 27.6 Å². The highest BCUT2D eigenvalue weighted by Crippen LogP contribution is 2.68. The number of thiazole rings is 1. The number of aromatic amines is 1. The van der Waals surface area contributed by atoms with Crippen LogP contribution in [0.2, 0.25) is 5.02 Å². The molecule has 7 atom stereocenters. The number of carbonyl (C=O) groups is 3. The molecule has 2 saturated carbocycles. The van der Waals surface area contributed by atoms with Crippen molar-refractivity contribution in [3.05, 3.63) is 97.9 Å². The lowest BCUT2D eigenvalue weighted by Gasteiger charge is -2.43. The summed E-state index contributed by atoms with van der Waals surface area (Å²) in [7, 11) is -3.85. The van der Waals surface area contributed by atoms with Gasteiger partial charge in [0.2, 0.25) is 21.8 Å². The van der Waals surface area contributed by atoms with E-state index >= 15 is 0 Å². The summed E-state index contributed by atoms with van der Waals surface area (Å²) in [6.45, 7) is -0.304. The van der Waals surface area contributed by atoms with Crippen LogP contribution in [-0.4, -0.2) is 43.0 Å². The number of ether oxygens (including phenoxy) is 1. The number of anilines is 2. The van der Waals surface area contributed by atoms with E-state index in [2.05, 4.69) is 10.3 Å².